The maximum Gasteiger partial charge on any atom is 0.418 e. The van der Waals surface area contributed by atoms with Crippen molar-refractivity contribution < 1.29 is 22.8 Å². The predicted molar refractivity (Wildman–Crippen MR) is 105 cm³/mol. The van der Waals surface area contributed by atoms with Crippen molar-refractivity contribution in [1.82, 2.24) is 9.55 Å². The molecule has 0 saturated carbocycles. The first-order valence-electron chi connectivity index (χ1n) is 8.88. The SMILES string of the molecule is CC(=O)Nc1ccc(NC(=O)CCn2cnc3ccccc3c2=O)c(C(F)(F)F)c1. The summed E-state index contributed by atoms with van der Waals surface area (Å²) >= 11 is 0. The Kier molecular flexibility index (Phi) is 5.86. The second-order valence-electron chi connectivity index (χ2n) is 6.50. The molecule has 2 N–H and O–H groups in total. The molecule has 0 bridgehead atoms. The average molecular weight is 418 g/mol. The molecule has 10 heteroatoms. The molecule has 0 saturated heterocycles. The highest BCUT2D eigenvalue weighted by Gasteiger charge is 2.34. The summed E-state index contributed by atoms with van der Waals surface area (Å²) in [6.07, 6.45) is -3.68. The summed E-state index contributed by atoms with van der Waals surface area (Å²) < 4.78 is 41.3. The van der Waals surface area contributed by atoms with Crippen molar-refractivity contribution in [2.45, 2.75) is 26.1 Å². The van der Waals surface area contributed by atoms with Crippen LogP contribution in [0.15, 0.2) is 53.6 Å². The molecule has 1 aromatic heterocycles. The van der Waals surface area contributed by atoms with Gasteiger partial charge in [-0.3, -0.25) is 19.0 Å². The molecule has 2 aromatic carbocycles. The Balaban J connectivity index is 1.75. The van der Waals surface area contributed by atoms with Crippen LogP contribution in [0.5, 0.6) is 0 Å². The summed E-state index contributed by atoms with van der Waals surface area (Å²) in [4.78, 5) is 39.8. The van der Waals surface area contributed by atoms with Crippen molar-refractivity contribution >= 4 is 34.1 Å². The summed E-state index contributed by atoms with van der Waals surface area (Å²) in [5.41, 5.74) is -1.40. The lowest BCUT2D eigenvalue weighted by atomic mass is 10.1. The van der Waals surface area contributed by atoms with E-state index < -0.39 is 29.2 Å². The number of amides is 2. The third-order valence-corrected chi connectivity index (χ3v) is 4.23. The van der Waals surface area contributed by atoms with Crippen molar-refractivity contribution in [3.05, 3.63) is 64.7 Å². The predicted octanol–water partition coefficient (Wildman–Crippen LogP) is 3.40. The summed E-state index contributed by atoms with van der Waals surface area (Å²) in [6, 6.07) is 9.77. The first kappa shape index (κ1) is 21.0. The van der Waals surface area contributed by atoms with E-state index in [4.69, 9.17) is 0 Å². The van der Waals surface area contributed by atoms with E-state index in [9.17, 15) is 27.6 Å². The molecule has 1 heterocycles. The first-order valence-corrected chi connectivity index (χ1v) is 8.88. The summed E-state index contributed by atoms with van der Waals surface area (Å²) in [7, 11) is 0. The van der Waals surface area contributed by atoms with E-state index >= 15 is 0 Å². The maximum absolute atomic E-state index is 13.4. The number of carbonyl (C=O) groups excluding carboxylic acids is 2. The lowest BCUT2D eigenvalue weighted by molar-refractivity contribution is -0.137. The number of anilines is 2. The third-order valence-electron chi connectivity index (χ3n) is 4.23. The van der Waals surface area contributed by atoms with Crippen molar-refractivity contribution in [3.63, 3.8) is 0 Å². The van der Waals surface area contributed by atoms with Gasteiger partial charge in [-0.15, -0.1) is 0 Å². The molecule has 0 radical (unpaired) electrons. The van der Waals surface area contributed by atoms with Gasteiger partial charge >= 0.3 is 6.18 Å². The van der Waals surface area contributed by atoms with E-state index in [0.717, 1.165) is 12.1 Å². The fourth-order valence-corrected chi connectivity index (χ4v) is 2.87. The second kappa shape index (κ2) is 8.36. The number of aromatic nitrogens is 2. The van der Waals surface area contributed by atoms with Crippen LogP contribution in [0.1, 0.15) is 18.9 Å². The molecule has 3 aromatic rings. The van der Waals surface area contributed by atoms with E-state index in [1.54, 1.807) is 24.3 Å². The lowest BCUT2D eigenvalue weighted by Gasteiger charge is -2.15. The highest BCUT2D eigenvalue weighted by atomic mass is 19.4. The number of alkyl halides is 3. The minimum Gasteiger partial charge on any atom is -0.326 e. The fourth-order valence-electron chi connectivity index (χ4n) is 2.87. The molecule has 0 aliphatic carbocycles. The molecule has 3 rings (SSSR count). The van der Waals surface area contributed by atoms with E-state index in [1.807, 2.05) is 0 Å². The number of hydrogen-bond acceptors (Lipinski definition) is 4. The van der Waals surface area contributed by atoms with Crippen molar-refractivity contribution in [1.29, 1.82) is 0 Å². The van der Waals surface area contributed by atoms with Crippen LogP contribution in [0.2, 0.25) is 0 Å². The number of halogens is 3. The Morgan fingerprint density at radius 2 is 1.83 bits per heavy atom. The molecular formula is C20H17F3N4O3. The van der Waals surface area contributed by atoms with Gasteiger partial charge in [0.15, 0.2) is 0 Å². The quantitative estimate of drug-likeness (QED) is 0.664. The summed E-state index contributed by atoms with van der Waals surface area (Å²) in [5.74, 6) is -1.22. The normalized spacial score (nSPS) is 11.3. The van der Waals surface area contributed by atoms with Crippen molar-refractivity contribution in [3.8, 4) is 0 Å². The van der Waals surface area contributed by atoms with Gasteiger partial charge in [0.05, 0.1) is 28.5 Å². The van der Waals surface area contributed by atoms with Crippen LogP contribution in [0.4, 0.5) is 24.5 Å². The van der Waals surface area contributed by atoms with Gasteiger partial charge in [0.2, 0.25) is 11.8 Å². The van der Waals surface area contributed by atoms with Crippen molar-refractivity contribution in [2.24, 2.45) is 0 Å². The standard InChI is InChI=1S/C20H17F3N4O3/c1-12(28)25-13-6-7-17(15(10-13)20(21,22)23)26-18(29)8-9-27-11-24-16-5-3-2-4-14(16)19(27)30/h2-7,10-11H,8-9H2,1H3,(H,25,28)(H,26,29). The Morgan fingerprint density at radius 3 is 2.53 bits per heavy atom. The molecule has 0 spiro atoms. The van der Waals surface area contributed by atoms with E-state index in [0.29, 0.717) is 10.9 Å². The highest BCUT2D eigenvalue weighted by Crippen LogP contribution is 2.36. The number of para-hydroxylation sites is 1. The number of rotatable bonds is 5. The number of nitrogens with one attached hydrogen (secondary N) is 2. The Morgan fingerprint density at radius 1 is 1.10 bits per heavy atom. The molecule has 2 amide bonds. The Bertz CT molecular complexity index is 1170. The van der Waals surface area contributed by atoms with Crippen LogP contribution in [0, 0.1) is 0 Å². The maximum atomic E-state index is 13.4. The molecule has 0 unspecified atom stereocenters. The topological polar surface area (TPSA) is 93.1 Å². The second-order valence-corrected chi connectivity index (χ2v) is 6.50. The molecular weight excluding hydrogens is 401 g/mol. The van der Waals surface area contributed by atoms with Crippen LogP contribution in [-0.4, -0.2) is 21.4 Å². The van der Waals surface area contributed by atoms with Gasteiger partial charge < -0.3 is 10.6 Å². The van der Waals surface area contributed by atoms with Crippen LogP contribution in [0.25, 0.3) is 10.9 Å². The monoisotopic (exact) mass is 418 g/mol. The van der Waals surface area contributed by atoms with Gasteiger partial charge in [0, 0.05) is 25.6 Å². The van der Waals surface area contributed by atoms with Crippen LogP contribution in [-0.2, 0) is 22.3 Å². The zero-order valence-corrected chi connectivity index (χ0v) is 15.8. The molecule has 0 fully saturated rings. The number of fused-ring (bicyclic) bond motifs is 1. The summed E-state index contributed by atoms with van der Waals surface area (Å²) in [5, 5.41) is 4.87. The lowest BCUT2D eigenvalue weighted by Crippen LogP contribution is -2.24. The number of aryl methyl sites for hydroxylation is 1. The molecule has 156 valence electrons. The number of hydrogen-bond donors (Lipinski definition) is 2. The number of nitrogens with zero attached hydrogens (tertiary/aromatic N) is 2. The van der Waals surface area contributed by atoms with Gasteiger partial charge in [-0.25, -0.2) is 4.98 Å². The molecule has 30 heavy (non-hydrogen) atoms. The van der Waals surface area contributed by atoms with Crippen LogP contribution >= 0.6 is 0 Å². The van der Waals surface area contributed by atoms with Crippen molar-refractivity contribution in [2.75, 3.05) is 10.6 Å². The van der Waals surface area contributed by atoms with Crippen LogP contribution in [0.3, 0.4) is 0 Å². The Hall–Kier alpha value is -3.69. The van der Waals surface area contributed by atoms with Gasteiger partial charge in [-0.2, -0.15) is 13.2 Å². The average Bonchev–Trinajstić information content (AvgIpc) is 2.67. The summed E-state index contributed by atoms with van der Waals surface area (Å²) in [6.45, 7) is 1.13. The van der Waals surface area contributed by atoms with E-state index in [-0.39, 0.29) is 24.2 Å². The van der Waals surface area contributed by atoms with Gasteiger partial charge in [0.25, 0.3) is 5.56 Å². The number of benzene rings is 2. The third kappa shape index (κ3) is 4.83. The smallest absolute Gasteiger partial charge is 0.326 e. The zero-order valence-electron chi connectivity index (χ0n) is 15.8. The Labute approximate surface area is 168 Å². The zero-order chi connectivity index (χ0) is 21.9. The first-order chi connectivity index (χ1) is 14.1. The van der Waals surface area contributed by atoms with Crippen LogP contribution < -0.4 is 16.2 Å². The largest absolute Gasteiger partial charge is 0.418 e. The molecule has 7 nitrogen and oxygen atoms in total. The van der Waals surface area contributed by atoms with Gasteiger partial charge in [0.1, 0.15) is 0 Å². The molecule has 0 atom stereocenters. The molecule has 0 aliphatic rings. The number of carbonyl (C=O) groups is 2. The fraction of sp³-hybridized carbons (Fsp3) is 0.200. The minimum atomic E-state index is -4.74. The van der Waals surface area contributed by atoms with Gasteiger partial charge in [-0.1, -0.05) is 12.1 Å². The minimum absolute atomic E-state index is 0.0402. The van der Waals surface area contributed by atoms with E-state index in [2.05, 4.69) is 15.6 Å². The molecule has 0 aliphatic heterocycles. The van der Waals surface area contributed by atoms with Gasteiger partial charge in [-0.05, 0) is 30.3 Å². The van der Waals surface area contributed by atoms with E-state index in [1.165, 1.54) is 23.9 Å². The highest BCUT2D eigenvalue weighted by molar-refractivity contribution is 5.93.